The highest BCUT2D eigenvalue weighted by Crippen LogP contribution is 2.40. The number of nitrogens with zero attached hydrogens (tertiary/aromatic N) is 3. The van der Waals surface area contributed by atoms with Gasteiger partial charge in [0, 0.05) is 6.54 Å². The SMILES string of the molecule is Cc1noc([C@@H]2C[C@@H]3CCN(Cc4ccc(C)o4)C[C@H]3O2)n1. The van der Waals surface area contributed by atoms with Crippen LogP contribution in [0, 0.1) is 19.8 Å². The Hall–Kier alpha value is -1.66. The highest BCUT2D eigenvalue weighted by Gasteiger charge is 2.41. The monoisotopic (exact) mass is 303 g/mol. The highest BCUT2D eigenvalue weighted by molar-refractivity contribution is 5.06. The van der Waals surface area contributed by atoms with Crippen molar-refractivity contribution in [2.75, 3.05) is 13.1 Å². The lowest BCUT2D eigenvalue weighted by Crippen LogP contribution is -2.41. The van der Waals surface area contributed by atoms with Gasteiger partial charge >= 0.3 is 0 Å². The molecule has 22 heavy (non-hydrogen) atoms. The molecule has 0 aromatic carbocycles. The van der Waals surface area contributed by atoms with E-state index in [1.54, 1.807) is 0 Å². The molecule has 118 valence electrons. The minimum Gasteiger partial charge on any atom is -0.465 e. The molecule has 0 radical (unpaired) electrons. The Balaban J connectivity index is 1.39. The van der Waals surface area contributed by atoms with Crippen LogP contribution < -0.4 is 0 Å². The van der Waals surface area contributed by atoms with Gasteiger partial charge in [0.1, 0.15) is 17.6 Å². The third kappa shape index (κ3) is 2.68. The molecule has 2 fully saturated rings. The van der Waals surface area contributed by atoms with Crippen LogP contribution in [-0.4, -0.2) is 34.2 Å². The topological polar surface area (TPSA) is 64.5 Å². The molecule has 0 aliphatic carbocycles. The summed E-state index contributed by atoms with van der Waals surface area (Å²) in [7, 11) is 0. The minimum absolute atomic E-state index is 0.0398. The van der Waals surface area contributed by atoms with Crippen LogP contribution in [-0.2, 0) is 11.3 Å². The van der Waals surface area contributed by atoms with Crippen molar-refractivity contribution in [1.82, 2.24) is 15.0 Å². The van der Waals surface area contributed by atoms with Gasteiger partial charge in [-0.3, -0.25) is 4.90 Å². The van der Waals surface area contributed by atoms with Crippen molar-refractivity contribution in [3.8, 4) is 0 Å². The van der Waals surface area contributed by atoms with Crippen molar-refractivity contribution in [2.45, 2.75) is 45.4 Å². The number of hydrogen-bond acceptors (Lipinski definition) is 6. The van der Waals surface area contributed by atoms with Crippen LogP contribution in [0.15, 0.2) is 21.1 Å². The van der Waals surface area contributed by atoms with E-state index in [9.17, 15) is 0 Å². The summed E-state index contributed by atoms with van der Waals surface area (Å²) in [6, 6.07) is 4.07. The zero-order valence-corrected chi connectivity index (χ0v) is 13.0. The molecule has 2 saturated heterocycles. The quantitative estimate of drug-likeness (QED) is 0.868. The summed E-state index contributed by atoms with van der Waals surface area (Å²) in [6.45, 7) is 6.69. The van der Waals surface area contributed by atoms with Crippen LogP contribution in [0.25, 0.3) is 0 Å². The lowest BCUT2D eigenvalue weighted by Gasteiger charge is -2.33. The van der Waals surface area contributed by atoms with Crippen molar-refractivity contribution in [2.24, 2.45) is 5.92 Å². The van der Waals surface area contributed by atoms with Crippen molar-refractivity contribution < 1.29 is 13.7 Å². The number of aryl methyl sites for hydroxylation is 2. The van der Waals surface area contributed by atoms with E-state index in [2.05, 4.69) is 21.1 Å². The molecule has 3 atom stereocenters. The molecule has 2 aliphatic rings. The Bertz CT molecular complexity index is 651. The minimum atomic E-state index is -0.0398. The standard InChI is InChI=1S/C16H21N3O3/c1-10-3-4-13(20-10)8-19-6-5-12-7-14(21-15(12)9-19)16-17-11(2)18-22-16/h3-4,12,14-15H,5-9H2,1-2H3/t12-,14-,15+/m0/s1. The first-order valence-corrected chi connectivity index (χ1v) is 7.91. The fraction of sp³-hybridized carbons (Fsp3) is 0.625. The van der Waals surface area contributed by atoms with E-state index in [-0.39, 0.29) is 12.2 Å². The van der Waals surface area contributed by atoms with Gasteiger partial charge in [0.15, 0.2) is 5.82 Å². The Kier molecular flexibility index (Phi) is 3.50. The van der Waals surface area contributed by atoms with Gasteiger partial charge in [0.2, 0.25) is 0 Å². The van der Waals surface area contributed by atoms with E-state index in [0.29, 0.717) is 17.6 Å². The van der Waals surface area contributed by atoms with Gasteiger partial charge in [0.05, 0.1) is 12.6 Å². The van der Waals surface area contributed by atoms with E-state index in [0.717, 1.165) is 44.0 Å². The Morgan fingerprint density at radius 2 is 2.23 bits per heavy atom. The maximum Gasteiger partial charge on any atom is 0.255 e. The van der Waals surface area contributed by atoms with Gasteiger partial charge in [-0.05, 0) is 51.3 Å². The smallest absolute Gasteiger partial charge is 0.255 e. The van der Waals surface area contributed by atoms with Crippen LogP contribution in [0.4, 0.5) is 0 Å². The number of aromatic nitrogens is 2. The van der Waals surface area contributed by atoms with Crippen LogP contribution in [0.2, 0.25) is 0 Å². The second kappa shape index (κ2) is 5.52. The van der Waals surface area contributed by atoms with E-state index >= 15 is 0 Å². The van der Waals surface area contributed by atoms with Crippen molar-refractivity contribution in [1.29, 1.82) is 0 Å². The molecule has 6 heteroatoms. The molecule has 0 saturated carbocycles. The number of piperidine rings is 1. The Morgan fingerprint density at radius 3 is 2.95 bits per heavy atom. The summed E-state index contributed by atoms with van der Waals surface area (Å²) in [6.07, 6.45) is 2.34. The average Bonchev–Trinajstić information content (AvgIpc) is 3.18. The zero-order valence-electron chi connectivity index (χ0n) is 13.0. The predicted octanol–water partition coefficient (Wildman–Crippen LogP) is 2.63. The van der Waals surface area contributed by atoms with Crippen LogP contribution >= 0.6 is 0 Å². The maximum absolute atomic E-state index is 6.17. The fourth-order valence-corrected chi connectivity index (χ4v) is 3.53. The van der Waals surface area contributed by atoms with E-state index in [1.165, 1.54) is 0 Å². The van der Waals surface area contributed by atoms with E-state index in [4.69, 9.17) is 13.7 Å². The molecule has 0 unspecified atom stereocenters. The lowest BCUT2D eigenvalue weighted by atomic mass is 9.92. The number of hydrogen-bond donors (Lipinski definition) is 0. The van der Waals surface area contributed by atoms with Crippen LogP contribution in [0.1, 0.15) is 42.2 Å². The number of fused-ring (bicyclic) bond motifs is 1. The van der Waals surface area contributed by atoms with Gasteiger partial charge in [0.25, 0.3) is 5.89 Å². The van der Waals surface area contributed by atoms with E-state index in [1.807, 2.05) is 19.9 Å². The molecule has 0 spiro atoms. The number of rotatable bonds is 3. The van der Waals surface area contributed by atoms with Gasteiger partial charge in [-0.2, -0.15) is 4.98 Å². The second-order valence-corrected chi connectivity index (χ2v) is 6.37. The molecule has 0 N–H and O–H groups in total. The van der Waals surface area contributed by atoms with Crippen molar-refractivity contribution in [3.63, 3.8) is 0 Å². The number of likely N-dealkylation sites (tertiary alicyclic amines) is 1. The Morgan fingerprint density at radius 1 is 1.32 bits per heavy atom. The molecular formula is C16H21N3O3. The van der Waals surface area contributed by atoms with Crippen LogP contribution in [0.5, 0.6) is 0 Å². The molecule has 6 nitrogen and oxygen atoms in total. The number of ether oxygens (including phenoxy) is 1. The first kappa shape index (κ1) is 14.0. The summed E-state index contributed by atoms with van der Waals surface area (Å²) < 4.78 is 17.1. The lowest BCUT2D eigenvalue weighted by molar-refractivity contribution is -0.0201. The summed E-state index contributed by atoms with van der Waals surface area (Å²) in [5, 5.41) is 3.86. The normalized spacial score (nSPS) is 28.9. The maximum atomic E-state index is 6.17. The summed E-state index contributed by atoms with van der Waals surface area (Å²) in [5.41, 5.74) is 0. The molecule has 4 heterocycles. The van der Waals surface area contributed by atoms with Gasteiger partial charge in [-0.15, -0.1) is 0 Å². The first-order valence-electron chi connectivity index (χ1n) is 7.91. The van der Waals surface area contributed by atoms with Gasteiger partial charge in [-0.1, -0.05) is 5.16 Å². The van der Waals surface area contributed by atoms with Gasteiger partial charge < -0.3 is 13.7 Å². The molecule has 4 rings (SSSR count). The average molecular weight is 303 g/mol. The van der Waals surface area contributed by atoms with Crippen LogP contribution in [0.3, 0.4) is 0 Å². The zero-order chi connectivity index (χ0) is 15.1. The number of furan rings is 1. The molecule has 2 aromatic rings. The molecule has 2 aliphatic heterocycles. The third-order valence-electron chi connectivity index (χ3n) is 4.63. The van der Waals surface area contributed by atoms with Crippen molar-refractivity contribution >= 4 is 0 Å². The summed E-state index contributed by atoms with van der Waals surface area (Å²) >= 11 is 0. The molecule has 0 bridgehead atoms. The van der Waals surface area contributed by atoms with Crippen molar-refractivity contribution in [3.05, 3.63) is 35.4 Å². The highest BCUT2D eigenvalue weighted by atomic mass is 16.5. The molecular weight excluding hydrogens is 282 g/mol. The molecule has 0 amide bonds. The fourth-order valence-electron chi connectivity index (χ4n) is 3.53. The third-order valence-corrected chi connectivity index (χ3v) is 4.63. The van der Waals surface area contributed by atoms with E-state index < -0.39 is 0 Å². The summed E-state index contributed by atoms with van der Waals surface area (Å²) in [5.74, 6) is 3.88. The summed E-state index contributed by atoms with van der Waals surface area (Å²) in [4.78, 5) is 6.71. The Labute approximate surface area is 129 Å². The molecule has 2 aromatic heterocycles. The largest absolute Gasteiger partial charge is 0.465 e. The first-order chi connectivity index (χ1) is 10.7. The predicted molar refractivity (Wildman–Crippen MR) is 78.1 cm³/mol. The van der Waals surface area contributed by atoms with Gasteiger partial charge in [-0.25, -0.2) is 0 Å². The second-order valence-electron chi connectivity index (χ2n) is 6.37.